The maximum atomic E-state index is 12.3. The van der Waals surface area contributed by atoms with Gasteiger partial charge in [-0.3, -0.25) is 4.79 Å². The van der Waals surface area contributed by atoms with E-state index in [4.69, 9.17) is 16.3 Å². The topological polar surface area (TPSA) is 87.7 Å². The number of benzene rings is 2. The zero-order chi connectivity index (χ0) is 21.0. The van der Waals surface area contributed by atoms with Crippen LogP contribution in [0, 0.1) is 0 Å². The maximum Gasteiger partial charge on any atom is 0.339 e. The molecule has 29 heavy (non-hydrogen) atoms. The highest BCUT2D eigenvalue weighted by Gasteiger charge is 2.23. The Balaban J connectivity index is 1.65. The van der Waals surface area contributed by atoms with Gasteiger partial charge < -0.3 is 20.3 Å². The average molecular weight is 416 g/mol. The van der Waals surface area contributed by atoms with Gasteiger partial charge in [0, 0.05) is 30.2 Å². The summed E-state index contributed by atoms with van der Waals surface area (Å²) in [5, 5.41) is 5.78. The smallest absolute Gasteiger partial charge is 0.339 e. The molecule has 2 aromatic carbocycles. The van der Waals surface area contributed by atoms with Crippen LogP contribution < -0.4 is 15.5 Å². The minimum absolute atomic E-state index is 0.108. The number of carbonyl (C=O) groups excluding carboxylic acids is 3. The molecule has 2 N–H and O–H groups in total. The fraction of sp³-hybridized carbons (Fsp3) is 0.286. The van der Waals surface area contributed by atoms with Crippen LogP contribution in [0.2, 0.25) is 5.02 Å². The standard InChI is InChI=1S/C21H22ClN3O4/c1-3-19(26)25-9-8-14-10-13(4-7-18(14)25)12-23-21(28)24-17-11-15(22)5-6-16(17)20(27)29-2/h4-7,10-11H,3,8-9,12H2,1-2H3,(H2,23,24,28). The molecule has 0 atom stereocenters. The van der Waals surface area contributed by atoms with Crippen molar-refractivity contribution in [3.8, 4) is 0 Å². The SMILES string of the molecule is CCC(=O)N1CCc2cc(CNC(=O)Nc3cc(Cl)ccc3C(=O)OC)ccc21. The molecule has 8 heteroatoms. The molecule has 1 aliphatic rings. The van der Waals surface area contributed by atoms with E-state index in [1.807, 2.05) is 25.1 Å². The summed E-state index contributed by atoms with van der Waals surface area (Å²) in [6, 6.07) is 9.86. The van der Waals surface area contributed by atoms with E-state index in [-0.39, 0.29) is 17.2 Å². The van der Waals surface area contributed by atoms with Crippen LogP contribution >= 0.6 is 11.6 Å². The molecule has 1 heterocycles. The van der Waals surface area contributed by atoms with Crippen molar-refractivity contribution in [3.63, 3.8) is 0 Å². The summed E-state index contributed by atoms with van der Waals surface area (Å²) in [6.07, 6.45) is 1.27. The van der Waals surface area contributed by atoms with E-state index in [0.717, 1.165) is 23.2 Å². The van der Waals surface area contributed by atoms with Gasteiger partial charge in [0.15, 0.2) is 0 Å². The lowest BCUT2D eigenvalue weighted by Gasteiger charge is -2.16. The first-order chi connectivity index (χ1) is 13.9. The molecule has 3 rings (SSSR count). The van der Waals surface area contributed by atoms with Crippen LogP contribution in [0.15, 0.2) is 36.4 Å². The molecule has 0 spiro atoms. The Morgan fingerprint density at radius 3 is 2.69 bits per heavy atom. The molecule has 0 unspecified atom stereocenters. The molecular formula is C21H22ClN3O4. The Morgan fingerprint density at radius 2 is 1.97 bits per heavy atom. The number of nitrogens with zero attached hydrogens (tertiary/aromatic N) is 1. The van der Waals surface area contributed by atoms with Crippen molar-refractivity contribution in [2.75, 3.05) is 23.9 Å². The second-order valence-corrected chi connectivity index (χ2v) is 7.04. The Hall–Kier alpha value is -3.06. The van der Waals surface area contributed by atoms with Crippen LogP contribution in [0.25, 0.3) is 0 Å². The van der Waals surface area contributed by atoms with Crippen LogP contribution in [0.5, 0.6) is 0 Å². The van der Waals surface area contributed by atoms with Crippen LogP contribution in [-0.4, -0.2) is 31.6 Å². The van der Waals surface area contributed by atoms with Gasteiger partial charge in [0.05, 0.1) is 18.4 Å². The van der Waals surface area contributed by atoms with E-state index in [2.05, 4.69) is 10.6 Å². The summed E-state index contributed by atoms with van der Waals surface area (Å²) < 4.78 is 4.72. The molecule has 0 aromatic heterocycles. The number of amides is 3. The fourth-order valence-corrected chi connectivity index (χ4v) is 3.44. The molecule has 7 nitrogen and oxygen atoms in total. The predicted molar refractivity (Wildman–Crippen MR) is 111 cm³/mol. The molecule has 0 aliphatic carbocycles. The lowest BCUT2D eigenvalue weighted by molar-refractivity contribution is -0.118. The lowest BCUT2D eigenvalue weighted by atomic mass is 10.1. The largest absolute Gasteiger partial charge is 0.465 e. The summed E-state index contributed by atoms with van der Waals surface area (Å²) in [5.41, 5.74) is 3.43. The Bertz CT molecular complexity index is 961. The van der Waals surface area contributed by atoms with Crippen molar-refractivity contribution >= 4 is 40.9 Å². The molecule has 3 amide bonds. The molecule has 0 saturated heterocycles. The third-order valence-electron chi connectivity index (χ3n) is 4.73. The lowest BCUT2D eigenvalue weighted by Crippen LogP contribution is -2.29. The summed E-state index contributed by atoms with van der Waals surface area (Å²) >= 11 is 5.97. The van der Waals surface area contributed by atoms with Gasteiger partial charge in [0.2, 0.25) is 5.91 Å². The number of nitrogens with one attached hydrogen (secondary N) is 2. The summed E-state index contributed by atoms with van der Waals surface area (Å²) in [5.74, 6) is -0.460. The van der Waals surface area contributed by atoms with E-state index in [0.29, 0.717) is 24.5 Å². The van der Waals surface area contributed by atoms with Crippen molar-refractivity contribution in [3.05, 3.63) is 58.1 Å². The number of carbonyl (C=O) groups is 3. The normalized spacial score (nSPS) is 12.3. The van der Waals surface area contributed by atoms with Gasteiger partial charge in [-0.25, -0.2) is 9.59 Å². The van der Waals surface area contributed by atoms with Crippen molar-refractivity contribution in [2.45, 2.75) is 26.3 Å². The Kier molecular flexibility index (Phi) is 6.39. The van der Waals surface area contributed by atoms with E-state index >= 15 is 0 Å². The van der Waals surface area contributed by atoms with E-state index in [1.165, 1.54) is 19.2 Å². The van der Waals surface area contributed by atoms with E-state index < -0.39 is 12.0 Å². The number of ether oxygens (including phenoxy) is 1. The Morgan fingerprint density at radius 1 is 1.17 bits per heavy atom. The van der Waals surface area contributed by atoms with E-state index in [1.54, 1.807) is 11.0 Å². The van der Waals surface area contributed by atoms with Crippen molar-refractivity contribution in [1.82, 2.24) is 5.32 Å². The molecule has 0 fully saturated rings. The van der Waals surface area contributed by atoms with Gasteiger partial charge in [-0.1, -0.05) is 30.7 Å². The molecule has 152 valence electrons. The molecule has 1 aliphatic heterocycles. The van der Waals surface area contributed by atoms with Crippen molar-refractivity contribution in [2.24, 2.45) is 0 Å². The minimum atomic E-state index is -0.568. The molecule has 0 saturated carbocycles. The third kappa shape index (κ3) is 4.68. The number of hydrogen-bond donors (Lipinski definition) is 2. The number of methoxy groups -OCH3 is 1. The fourth-order valence-electron chi connectivity index (χ4n) is 3.27. The number of fused-ring (bicyclic) bond motifs is 1. The number of anilines is 2. The van der Waals surface area contributed by atoms with Crippen LogP contribution in [-0.2, 0) is 22.5 Å². The monoisotopic (exact) mass is 415 g/mol. The van der Waals surface area contributed by atoms with Crippen LogP contribution in [0.1, 0.15) is 34.8 Å². The first-order valence-electron chi connectivity index (χ1n) is 9.27. The van der Waals surface area contributed by atoms with Crippen LogP contribution in [0.4, 0.5) is 16.2 Å². The van der Waals surface area contributed by atoms with Crippen LogP contribution in [0.3, 0.4) is 0 Å². The van der Waals surface area contributed by atoms with Crippen molar-refractivity contribution < 1.29 is 19.1 Å². The van der Waals surface area contributed by atoms with Gasteiger partial charge in [-0.05, 0) is 41.8 Å². The van der Waals surface area contributed by atoms with Gasteiger partial charge in [0.25, 0.3) is 0 Å². The highest BCUT2D eigenvalue weighted by Crippen LogP contribution is 2.29. The molecule has 0 bridgehead atoms. The quantitative estimate of drug-likeness (QED) is 0.728. The van der Waals surface area contributed by atoms with Gasteiger partial charge in [0.1, 0.15) is 0 Å². The van der Waals surface area contributed by atoms with E-state index in [9.17, 15) is 14.4 Å². The summed E-state index contributed by atoms with van der Waals surface area (Å²) in [6.45, 7) is 2.84. The number of halogens is 1. The number of rotatable bonds is 5. The second kappa shape index (κ2) is 8.96. The Labute approximate surface area is 174 Å². The highest BCUT2D eigenvalue weighted by molar-refractivity contribution is 6.31. The van der Waals surface area contributed by atoms with Gasteiger partial charge in [-0.15, -0.1) is 0 Å². The zero-order valence-electron chi connectivity index (χ0n) is 16.3. The summed E-state index contributed by atoms with van der Waals surface area (Å²) in [7, 11) is 1.27. The predicted octanol–water partition coefficient (Wildman–Crippen LogP) is 3.75. The number of hydrogen-bond acceptors (Lipinski definition) is 4. The summed E-state index contributed by atoms with van der Waals surface area (Å²) in [4.78, 5) is 37.9. The first kappa shape index (κ1) is 20.7. The maximum absolute atomic E-state index is 12.3. The minimum Gasteiger partial charge on any atom is -0.465 e. The average Bonchev–Trinajstić information content (AvgIpc) is 3.14. The van der Waals surface area contributed by atoms with Gasteiger partial charge >= 0.3 is 12.0 Å². The molecular weight excluding hydrogens is 394 g/mol. The third-order valence-corrected chi connectivity index (χ3v) is 4.97. The number of urea groups is 1. The van der Waals surface area contributed by atoms with Crippen molar-refractivity contribution in [1.29, 1.82) is 0 Å². The molecule has 2 aromatic rings. The zero-order valence-corrected chi connectivity index (χ0v) is 17.0. The second-order valence-electron chi connectivity index (χ2n) is 6.60. The highest BCUT2D eigenvalue weighted by atomic mass is 35.5. The molecule has 0 radical (unpaired) electrons. The van der Waals surface area contributed by atoms with Gasteiger partial charge in [-0.2, -0.15) is 0 Å². The number of esters is 1. The first-order valence-corrected chi connectivity index (χ1v) is 9.65.